The summed E-state index contributed by atoms with van der Waals surface area (Å²) in [5, 5.41) is 8.51. The van der Waals surface area contributed by atoms with Gasteiger partial charge >= 0.3 is 0 Å². The summed E-state index contributed by atoms with van der Waals surface area (Å²) < 4.78 is 0. The average Bonchev–Trinajstić information content (AvgIpc) is 2.02. The standard InChI is InChI=1S/C12H21NO/c1-10(2)7-11(3)8-12(4)9-13-5-6-14/h5,7-8,12,14H,6,9H2,1-4H3/b11-8-,13-5-. The van der Waals surface area contributed by atoms with Gasteiger partial charge in [0.15, 0.2) is 0 Å². The number of allylic oxidation sites excluding steroid dienone is 3. The van der Waals surface area contributed by atoms with Crippen LogP contribution in [0.1, 0.15) is 27.7 Å². The minimum Gasteiger partial charge on any atom is -0.391 e. The molecule has 0 bridgehead atoms. The highest BCUT2D eigenvalue weighted by Gasteiger charge is 1.95. The molecular weight excluding hydrogens is 174 g/mol. The molecule has 0 heterocycles. The first kappa shape index (κ1) is 13.1. The Morgan fingerprint density at radius 3 is 2.50 bits per heavy atom. The summed E-state index contributed by atoms with van der Waals surface area (Å²) >= 11 is 0. The first-order valence-electron chi connectivity index (χ1n) is 4.98. The molecule has 0 rings (SSSR count). The molecule has 0 radical (unpaired) electrons. The van der Waals surface area contributed by atoms with Crippen molar-refractivity contribution in [1.82, 2.24) is 0 Å². The number of nitrogens with zero attached hydrogens (tertiary/aromatic N) is 1. The third-order valence-corrected chi connectivity index (χ3v) is 1.67. The number of aliphatic imine (C=N–C) groups is 1. The van der Waals surface area contributed by atoms with Crippen molar-refractivity contribution in [2.75, 3.05) is 13.2 Å². The maximum absolute atomic E-state index is 8.51. The fourth-order valence-electron chi connectivity index (χ4n) is 1.30. The van der Waals surface area contributed by atoms with Crippen molar-refractivity contribution >= 4 is 6.21 Å². The third-order valence-electron chi connectivity index (χ3n) is 1.67. The van der Waals surface area contributed by atoms with Gasteiger partial charge in [0.2, 0.25) is 0 Å². The minimum absolute atomic E-state index is 0.0311. The molecule has 0 saturated heterocycles. The fourth-order valence-corrected chi connectivity index (χ4v) is 1.30. The second-order valence-corrected chi connectivity index (χ2v) is 3.84. The molecule has 0 aromatic carbocycles. The van der Waals surface area contributed by atoms with E-state index in [1.54, 1.807) is 6.21 Å². The van der Waals surface area contributed by atoms with Crippen LogP contribution >= 0.6 is 0 Å². The molecule has 0 fully saturated rings. The molecule has 2 heteroatoms. The second-order valence-electron chi connectivity index (χ2n) is 3.84. The first-order valence-corrected chi connectivity index (χ1v) is 4.98. The minimum atomic E-state index is 0.0311. The zero-order valence-electron chi connectivity index (χ0n) is 9.62. The summed E-state index contributed by atoms with van der Waals surface area (Å²) in [6.07, 6.45) is 5.90. The zero-order chi connectivity index (χ0) is 11.0. The van der Waals surface area contributed by atoms with Crippen molar-refractivity contribution in [3.63, 3.8) is 0 Å². The van der Waals surface area contributed by atoms with Crippen molar-refractivity contribution in [1.29, 1.82) is 0 Å². The Labute approximate surface area is 87.1 Å². The fraction of sp³-hybridized carbons (Fsp3) is 0.583. The molecule has 0 aliphatic rings. The average molecular weight is 195 g/mol. The molecule has 0 aromatic rings. The van der Waals surface area contributed by atoms with Gasteiger partial charge in [-0.05, 0) is 26.7 Å². The molecule has 0 spiro atoms. The van der Waals surface area contributed by atoms with Gasteiger partial charge in [0, 0.05) is 12.8 Å². The molecule has 0 aromatic heterocycles. The number of aliphatic hydroxyl groups is 1. The smallest absolute Gasteiger partial charge is 0.0779 e. The van der Waals surface area contributed by atoms with Crippen LogP contribution in [0.2, 0.25) is 0 Å². The lowest BCUT2D eigenvalue weighted by Gasteiger charge is -2.03. The number of hydrogen-bond donors (Lipinski definition) is 1. The Balaban J connectivity index is 4.08. The summed E-state index contributed by atoms with van der Waals surface area (Å²) in [4.78, 5) is 4.08. The maximum Gasteiger partial charge on any atom is 0.0779 e. The van der Waals surface area contributed by atoms with Crippen LogP contribution < -0.4 is 0 Å². The van der Waals surface area contributed by atoms with E-state index in [9.17, 15) is 0 Å². The molecule has 0 aliphatic heterocycles. The number of aliphatic hydroxyl groups excluding tert-OH is 1. The monoisotopic (exact) mass is 195 g/mol. The van der Waals surface area contributed by atoms with E-state index < -0.39 is 0 Å². The van der Waals surface area contributed by atoms with Crippen LogP contribution in [0.3, 0.4) is 0 Å². The van der Waals surface area contributed by atoms with Crippen LogP contribution in [0.15, 0.2) is 28.3 Å². The summed E-state index contributed by atoms with van der Waals surface area (Å²) in [6, 6.07) is 0. The quantitative estimate of drug-likeness (QED) is 0.531. The van der Waals surface area contributed by atoms with E-state index in [-0.39, 0.29) is 6.61 Å². The predicted molar refractivity (Wildman–Crippen MR) is 62.8 cm³/mol. The van der Waals surface area contributed by atoms with E-state index in [1.807, 2.05) is 0 Å². The van der Waals surface area contributed by atoms with Crippen LogP contribution in [0.4, 0.5) is 0 Å². The van der Waals surface area contributed by atoms with Crippen molar-refractivity contribution in [2.24, 2.45) is 10.9 Å². The van der Waals surface area contributed by atoms with Gasteiger partial charge < -0.3 is 5.11 Å². The summed E-state index contributed by atoms with van der Waals surface area (Å²) in [5.41, 5.74) is 2.58. The van der Waals surface area contributed by atoms with Crippen molar-refractivity contribution in [2.45, 2.75) is 27.7 Å². The molecule has 0 aliphatic carbocycles. The van der Waals surface area contributed by atoms with Crippen LogP contribution in [0.5, 0.6) is 0 Å². The van der Waals surface area contributed by atoms with Gasteiger partial charge in [0.05, 0.1) is 6.61 Å². The van der Waals surface area contributed by atoms with E-state index >= 15 is 0 Å². The van der Waals surface area contributed by atoms with Gasteiger partial charge in [-0.1, -0.05) is 30.2 Å². The largest absolute Gasteiger partial charge is 0.391 e. The summed E-state index contributed by atoms with van der Waals surface area (Å²) in [7, 11) is 0. The highest BCUT2D eigenvalue weighted by atomic mass is 16.2. The highest BCUT2D eigenvalue weighted by molar-refractivity contribution is 5.57. The van der Waals surface area contributed by atoms with Crippen LogP contribution in [-0.2, 0) is 0 Å². The Kier molecular flexibility index (Phi) is 7.03. The van der Waals surface area contributed by atoms with Crippen LogP contribution in [-0.4, -0.2) is 24.5 Å². The van der Waals surface area contributed by atoms with Crippen LogP contribution in [0.25, 0.3) is 0 Å². The number of rotatable bonds is 5. The first-order chi connectivity index (χ1) is 6.56. The molecule has 1 N–H and O–H groups in total. The van der Waals surface area contributed by atoms with Crippen molar-refractivity contribution < 1.29 is 5.11 Å². The normalized spacial score (nSPS) is 14.5. The lowest BCUT2D eigenvalue weighted by Crippen LogP contribution is -1.97. The second kappa shape index (κ2) is 7.51. The predicted octanol–water partition coefficient (Wildman–Crippen LogP) is 2.60. The molecule has 80 valence electrons. The number of hydrogen-bond acceptors (Lipinski definition) is 2. The van der Waals surface area contributed by atoms with E-state index in [0.29, 0.717) is 5.92 Å². The third kappa shape index (κ3) is 7.74. The van der Waals surface area contributed by atoms with Crippen LogP contribution in [0, 0.1) is 5.92 Å². The molecular formula is C12H21NO. The zero-order valence-corrected chi connectivity index (χ0v) is 9.62. The Hall–Kier alpha value is -0.890. The van der Waals surface area contributed by atoms with Crippen molar-refractivity contribution in [3.8, 4) is 0 Å². The molecule has 0 saturated carbocycles. The summed E-state index contributed by atoms with van der Waals surface area (Å²) in [6.45, 7) is 9.17. The van der Waals surface area contributed by atoms with Gasteiger partial charge in [-0.2, -0.15) is 0 Å². The van der Waals surface area contributed by atoms with Gasteiger partial charge in [0.25, 0.3) is 0 Å². The molecule has 0 amide bonds. The van der Waals surface area contributed by atoms with E-state index in [1.165, 1.54) is 11.1 Å². The van der Waals surface area contributed by atoms with E-state index in [4.69, 9.17) is 5.11 Å². The van der Waals surface area contributed by atoms with Gasteiger partial charge in [-0.25, -0.2) is 0 Å². The SMILES string of the molecule is CC(C)=C/C(C)=C\C(C)C/N=C\CO. The van der Waals surface area contributed by atoms with Gasteiger partial charge in [0.1, 0.15) is 0 Å². The maximum atomic E-state index is 8.51. The Bertz CT molecular complexity index is 235. The Morgan fingerprint density at radius 2 is 2.00 bits per heavy atom. The van der Waals surface area contributed by atoms with Gasteiger partial charge in [-0.3, -0.25) is 4.99 Å². The lowest BCUT2D eigenvalue weighted by molar-refractivity contribution is 0.361. The molecule has 14 heavy (non-hydrogen) atoms. The van der Waals surface area contributed by atoms with Crippen molar-refractivity contribution in [3.05, 3.63) is 23.3 Å². The molecule has 1 atom stereocenters. The Morgan fingerprint density at radius 1 is 1.36 bits per heavy atom. The molecule has 1 unspecified atom stereocenters. The lowest BCUT2D eigenvalue weighted by atomic mass is 10.1. The van der Waals surface area contributed by atoms with E-state index in [2.05, 4.69) is 44.8 Å². The highest BCUT2D eigenvalue weighted by Crippen LogP contribution is 2.06. The molecule has 2 nitrogen and oxygen atoms in total. The summed E-state index contributed by atoms with van der Waals surface area (Å²) in [5.74, 6) is 0.424. The topological polar surface area (TPSA) is 32.6 Å². The van der Waals surface area contributed by atoms with E-state index in [0.717, 1.165) is 6.54 Å². The van der Waals surface area contributed by atoms with Gasteiger partial charge in [-0.15, -0.1) is 0 Å².